The summed E-state index contributed by atoms with van der Waals surface area (Å²) in [6, 6.07) is 1.77. The van der Waals surface area contributed by atoms with Crippen LogP contribution in [0.2, 0.25) is 0 Å². The van der Waals surface area contributed by atoms with E-state index in [1.165, 1.54) is 36.7 Å². The summed E-state index contributed by atoms with van der Waals surface area (Å²) in [5.74, 6) is -1.63. The molecule has 2 fully saturated rings. The van der Waals surface area contributed by atoms with E-state index in [9.17, 15) is 28.8 Å². The van der Waals surface area contributed by atoms with Crippen LogP contribution in [0.15, 0.2) is 27.0 Å². The minimum atomic E-state index is -1.25. The van der Waals surface area contributed by atoms with Crippen LogP contribution in [0, 0.1) is 24.7 Å². The van der Waals surface area contributed by atoms with Crippen LogP contribution in [0.4, 0.5) is 5.69 Å². The van der Waals surface area contributed by atoms with Crippen LogP contribution in [0.1, 0.15) is 67.2 Å². The Bertz CT molecular complexity index is 1460. The first kappa shape index (κ1) is 32.5. The molecule has 12 nitrogen and oxygen atoms in total. The molecular weight excluding hydrogens is 640 g/mol. The number of likely N-dealkylation sites (N-methyl/N-ethyl adjacent to an activating group) is 1. The zero-order valence-corrected chi connectivity index (χ0v) is 26.8. The molecule has 2 aromatic heterocycles. The fourth-order valence-electron chi connectivity index (χ4n) is 6.23. The number of Topliss-reactive ketones (excluding diaryl/α,β-unsaturated/α-hetero) is 1. The summed E-state index contributed by atoms with van der Waals surface area (Å²) >= 11 is 4.31. The highest BCUT2D eigenvalue weighted by Crippen LogP contribution is 2.42. The summed E-state index contributed by atoms with van der Waals surface area (Å²) in [5, 5.41) is 10.5. The minimum Gasteiger partial charge on any atom is -0.353 e. The van der Waals surface area contributed by atoms with Crippen molar-refractivity contribution in [1.29, 1.82) is 0 Å². The third-order valence-corrected chi connectivity index (χ3v) is 9.92. The molecule has 0 spiro atoms. The van der Waals surface area contributed by atoms with Crippen LogP contribution < -0.4 is 26.8 Å². The molecule has 4 rings (SSSR count). The number of hydrogen-bond donors (Lipinski definition) is 4. The predicted octanol–water partition coefficient (Wildman–Crippen LogP) is 2.54. The van der Waals surface area contributed by atoms with Crippen LogP contribution in [0.3, 0.4) is 0 Å². The van der Waals surface area contributed by atoms with Gasteiger partial charge in [0.15, 0.2) is 3.92 Å². The van der Waals surface area contributed by atoms with Gasteiger partial charge in [-0.05, 0) is 78.4 Å². The molecule has 4 amide bonds. The second kappa shape index (κ2) is 14.4. The van der Waals surface area contributed by atoms with E-state index in [-0.39, 0.29) is 41.9 Å². The largest absolute Gasteiger partial charge is 0.353 e. The molecule has 2 aliphatic rings. The van der Waals surface area contributed by atoms with E-state index in [4.69, 9.17) is 0 Å². The van der Waals surface area contributed by atoms with Gasteiger partial charge in [0.05, 0.1) is 5.69 Å². The van der Waals surface area contributed by atoms with Gasteiger partial charge in [-0.15, -0.1) is 11.3 Å². The van der Waals surface area contributed by atoms with E-state index in [0.29, 0.717) is 21.4 Å². The quantitative estimate of drug-likeness (QED) is 0.265. The van der Waals surface area contributed by atoms with E-state index in [0.717, 1.165) is 36.5 Å². The average molecular weight is 678 g/mol. The number of nitrogens with zero attached hydrogens (tertiary/aromatic N) is 2. The Balaban J connectivity index is 1.45. The predicted molar refractivity (Wildman–Crippen MR) is 165 cm³/mol. The summed E-state index contributed by atoms with van der Waals surface area (Å²) in [7, 11) is 1.32. The molecule has 0 aromatic carbocycles. The summed E-state index contributed by atoms with van der Waals surface area (Å²) < 4.78 is 1.71. The maximum absolute atomic E-state index is 13.3. The summed E-state index contributed by atoms with van der Waals surface area (Å²) in [6.45, 7) is 3.61. The standard InChI is InChI=1S/C29H37BrN6O6S/c1-15-12-17-6-4-7-18(13-17)23(15)35-22(38)14-36-11-5-8-20(28(36)42)34-25(39)19(9-10-21(37)26(40)31-3)33-27(41)24-16(2)32-29(30)43-24/h5,8,11,15,17-19,23H,4,6-7,9-10,12-14H2,1-3H3,(H,31,40)(H,33,41)(H,34,39)(H,35,38). The minimum absolute atomic E-state index is 0.0762. The SMILES string of the molecule is CNC(=O)C(=O)CCC(NC(=O)c1sc(Br)nc1C)C(=O)Nc1cccn(CC(=O)NC2C(C)CC3CCCC2C3)c1=O. The summed E-state index contributed by atoms with van der Waals surface area (Å²) in [5.41, 5.74) is -0.227. The molecule has 43 heavy (non-hydrogen) atoms. The number of ketones is 1. The van der Waals surface area contributed by atoms with Crippen molar-refractivity contribution < 1.29 is 24.0 Å². The number of pyridine rings is 1. The number of aryl methyl sites for hydroxylation is 1. The van der Waals surface area contributed by atoms with Crippen LogP contribution in [-0.2, 0) is 25.7 Å². The van der Waals surface area contributed by atoms with Crippen molar-refractivity contribution in [2.45, 2.75) is 77.4 Å². The zero-order chi connectivity index (χ0) is 31.3. The Morgan fingerprint density at radius 3 is 2.65 bits per heavy atom. The number of carbonyl (C=O) groups is 5. The highest BCUT2D eigenvalue weighted by molar-refractivity contribution is 9.11. The maximum atomic E-state index is 13.3. The first-order valence-corrected chi connectivity index (χ1v) is 16.1. The maximum Gasteiger partial charge on any atom is 0.287 e. The van der Waals surface area contributed by atoms with Crippen molar-refractivity contribution in [3.63, 3.8) is 0 Å². The number of hydrogen-bond acceptors (Lipinski definition) is 8. The number of rotatable bonds is 11. The number of thiazole rings is 1. The fourth-order valence-corrected chi connectivity index (χ4v) is 7.68. The molecule has 2 heterocycles. The van der Waals surface area contributed by atoms with Crippen LogP contribution >= 0.6 is 27.3 Å². The van der Waals surface area contributed by atoms with E-state index in [1.54, 1.807) is 13.0 Å². The number of anilines is 1. The molecule has 4 N–H and O–H groups in total. The first-order valence-electron chi connectivity index (χ1n) is 14.4. The van der Waals surface area contributed by atoms with E-state index in [1.807, 2.05) is 0 Å². The molecule has 5 unspecified atom stereocenters. The highest BCUT2D eigenvalue weighted by atomic mass is 79.9. The molecule has 2 bridgehead atoms. The number of amides is 4. The lowest BCUT2D eigenvalue weighted by molar-refractivity contribution is -0.137. The smallest absolute Gasteiger partial charge is 0.287 e. The van der Waals surface area contributed by atoms with Gasteiger partial charge in [0.2, 0.25) is 17.6 Å². The molecule has 0 saturated heterocycles. The molecule has 0 aliphatic heterocycles. The van der Waals surface area contributed by atoms with Crippen LogP contribution in [0.5, 0.6) is 0 Å². The third-order valence-electron chi connectivity index (χ3n) is 8.31. The fraction of sp³-hybridized carbons (Fsp3) is 0.552. The van der Waals surface area contributed by atoms with Crippen LogP contribution in [0.25, 0.3) is 0 Å². The first-order chi connectivity index (χ1) is 20.5. The number of halogens is 1. The molecule has 2 saturated carbocycles. The molecule has 5 atom stereocenters. The second-order valence-electron chi connectivity index (χ2n) is 11.4. The van der Waals surface area contributed by atoms with Crippen molar-refractivity contribution in [2.75, 3.05) is 12.4 Å². The van der Waals surface area contributed by atoms with Crippen LogP contribution in [-0.4, -0.2) is 58.1 Å². The lowest BCUT2D eigenvalue weighted by Gasteiger charge is -2.44. The molecular formula is C29H37BrN6O6S. The Morgan fingerprint density at radius 1 is 1.19 bits per heavy atom. The Kier molecular flexibility index (Phi) is 10.9. The summed E-state index contributed by atoms with van der Waals surface area (Å²) in [6.07, 6.45) is 6.73. The van der Waals surface area contributed by atoms with Gasteiger partial charge >= 0.3 is 0 Å². The van der Waals surface area contributed by atoms with Crippen molar-refractivity contribution >= 4 is 62.4 Å². The van der Waals surface area contributed by atoms with Crippen molar-refractivity contribution in [2.24, 2.45) is 17.8 Å². The zero-order valence-electron chi connectivity index (χ0n) is 24.4. The average Bonchev–Trinajstić information content (AvgIpc) is 3.32. The van der Waals surface area contributed by atoms with Gasteiger partial charge in [-0.25, -0.2) is 4.98 Å². The van der Waals surface area contributed by atoms with E-state index < -0.39 is 35.1 Å². The molecule has 14 heteroatoms. The Labute approximate surface area is 261 Å². The second-order valence-corrected chi connectivity index (χ2v) is 13.7. The lowest BCUT2D eigenvalue weighted by Crippen LogP contribution is -2.50. The van der Waals surface area contributed by atoms with Gasteiger partial charge in [-0.3, -0.25) is 28.8 Å². The van der Waals surface area contributed by atoms with E-state index in [2.05, 4.69) is 49.1 Å². The Hall–Kier alpha value is -3.39. The third kappa shape index (κ3) is 8.17. The number of carbonyl (C=O) groups excluding carboxylic acids is 5. The van der Waals surface area contributed by atoms with Gasteiger partial charge in [0.1, 0.15) is 23.2 Å². The lowest BCUT2D eigenvalue weighted by atomic mass is 9.65. The Morgan fingerprint density at radius 2 is 1.95 bits per heavy atom. The topological polar surface area (TPSA) is 168 Å². The molecule has 232 valence electrons. The van der Waals surface area contributed by atoms with Gasteiger partial charge in [0, 0.05) is 25.7 Å². The number of aromatic nitrogens is 2. The van der Waals surface area contributed by atoms with Crippen molar-refractivity contribution in [3.05, 3.63) is 43.2 Å². The van der Waals surface area contributed by atoms with Crippen molar-refractivity contribution in [3.8, 4) is 0 Å². The van der Waals surface area contributed by atoms with Gasteiger partial charge < -0.3 is 25.8 Å². The molecule has 2 aliphatic carbocycles. The van der Waals surface area contributed by atoms with Gasteiger partial charge in [-0.2, -0.15) is 0 Å². The number of nitrogens with one attached hydrogen (secondary N) is 4. The highest BCUT2D eigenvalue weighted by Gasteiger charge is 2.38. The van der Waals surface area contributed by atoms with Gasteiger partial charge in [-0.1, -0.05) is 19.8 Å². The van der Waals surface area contributed by atoms with Gasteiger partial charge in [0.25, 0.3) is 17.4 Å². The van der Waals surface area contributed by atoms with Crippen molar-refractivity contribution in [1.82, 2.24) is 25.5 Å². The normalized spacial score (nSPS) is 21.8. The van der Waals surface area contributed by atoms with E-state index >= 15 is 0 Å². The summed E-state index contributed by atoms with van der Waals surface area (Å²) in [4.78, 5) is 80.8. The number of fused-ring (bicyclic) bond motifs is 2. The molecule has 0 radical (unpaired) electrons. The molecule has 2 aromatic rings. The monoisotopic (exact) mass is 676 g/mol.